The molecule has 0 bridgehead atoms. The van der Waals surface area contributed by atoms with E-state index in [0.717, 1.165) is 25.0 Å². The average Bonchev–Trinajstić information content (AvgIpc) is 2.48. The Morgan fingerprint density at radius 3 is 2.67 bits per heavy atom. The number of hydrogen-bond acceptors (Lipinski definition) is 5. The quantitative estimate of drug-likeness (QED) is 0.512. The second-order valence-electron chi connectivity index (χ2n) is 4.95. The highest BCUT2D eigenvalue weighted by atomic mass is 16.5. The Hall–Kier alpha value is -1.14. The molecule has 1 aromatic carbocycles. The molecule has 0 aliphatic heterocycles. The van der Waals surface area contributed by atoms with Gasteiger partial charge in [0.25, 0.3) is 0 Å². The molecule has 0 saturated heterocycles. The zero-order valence-corrected chi connectivity index (χ0v) is 12.8. The molecule has 3 N–H and O–H groups in total. The Morgan fingerprint density at radius 1 is 1.14 bits per heavy atom. The van der Waals surface area contributed by atoms with E-state index in [9.17, 15) is 10.2 Å². The van der Waals surface area contributed by atoms with Crippen molar-refractivity contribution in [3.63, 3.8) is 0 Å². The first-order valence-electron chi connectivity index (χ1n) is 7.55. The van der Waals surface area contributed by atoms with E-state index in [1.54, 1.807) is 12.1 Å². The van der Waals surface area contributed by atoms with E-state index in [1.165, 1.54) is 0 Å². The smallest absolute Gasteiger partial charge is 0.120 e. The van der Waals surface area contributed by atoms with Crippen LogP contribution in [0.1, 0.15) is 25.3 Å². The van der Waals surface area contributed by atoms with Gasteiger partial charge in [0, 0.05) is 25.3 Å². The average molecular weight is 297 g/mol. The molecule has 0 saturated carbocycles. The molecule has 5 heteroatoms. The van der Waals surface area contributed by atoms with Crippen LogP contribution >= 0.6 is 0 Å². The molecule has 21 heavy (non-hydrogen) atoms. The van der Waals surface area contributed by atoms with Crippen molar-refractivity contribution >= 4 is 0 Å². The van der Waals surface area contributed by atoms with Crippen LogP contribution in [-0.2, 0) is 16.0 Å². The van der Waals surface area contributed by atoms with E-state index < -0.39 is 6.10 Å². The van der Waals surface area contributed by atoms with Crippen LogP contribution in [0, 0.1) is 0 Å². The Kier molecular flexibility index (Phi) is 9.82. The highest BCUT2D eigenvalue weighted by Crippen LogP contribution is 2.14. The number of aliphatic hydroxyl groups is 1. The molecule has 1 aromatic rings. The van der Waals surface area contributed by atoms with Crippen molar-refractivity contribution in [2.75, 3.05) is 33.0 Å². The molecule has 0 aliphatic rings. The fourth-order valence-corrected chi connectivity index (χ4v) is 1.78. The van der Waals surface area contributed by atoms with Gasteiger partial charge in [-0.25, -0.2) is 0 Å². The molecule has 5 nitrogen and oxygen atoms in total. The zero-order chi connectivity index (χ0) is 15.3. The normalized spacial score (nSPS) is 12.5. The highest BCUT2D eigenvalue weighted by Gasteiger charge is 2.05. The third-order valence-electron chi connectivity index (χ3n) is 3.01. The fraction of sp³-hybridized carbons (Fsp3) is 0.625. The van der Waals surface area contributed by atoms with Crippen molar-refractivity contribution in [3.8, 4) is 5.75 Å². The number of phenols is 1. The maximum Gasteiger partial charge on any atom is 0.120 e. The van der Waals surface area contributed by atoms with Gasteiger partial charge in [-0.15, -0.1) is 0 Å². The second-order valence-corrected chi connectivity index (χ2v) is 4.95. The van der Waals surface area contributed by atoms with Crippen LogP contribution in [0.25, 0.3) is 0 Å². The number of nitrogens with one attached hydrogen (secondary N) is 1. The Bertz CT molecular complexity index is 373. The first-order chi connectivity index (χ1) is 10.2. The van der Waals surface area contributed by atoms with Gasteiger partial charge >= 0.3 is 0 Å². The van der Waals surface area contributed by atoms with E-state index in [-0.39, 0.29) is 12.4 Å². The van der Waals surface area contributed by atoms with Gasteiger partial charge in [-0.1, -0.05) is 31.5 Å². The van der Waals surface area contributed by atoms with Crippen molar-refractivity contribution in [1.82, 2.24) is 5.32 Å². The van der Waals surface area contributed by atoms with Crippen molar-refractivity contribution in [3.05, 3.63) is 29.8 Å². The van der Waals surface area contributed by atoms with Crippen molar-refractivity contribution in [2.24, 2.45) is 0 Å². The maximum atomic E-state index is 9.75. The number of hydrogen-bond donors (Lipinski definition) is 3. The lowest BCUT2D eigenvalue weighted by Gasteiger charge is -2.13. The van der Waals surface area contributed by atoms with Gasteiger partial charge in [-0.2, -0.15) is 0 Å². The van der Waals surface area contributed by atoms with Crippen LogP contribution in [-0.4, -0.2) is 49.3 Å². The molecule has 0 aliphatic carbocycles. The lowest BCUT2D eigenvalue weighted by atomic mass is 10.2. The summed E-state index contributed by atoms with van der Waals surface area (Å²) in [6, 6.07) is 7.15. The van der Waals surface area contributed by atoms with Crippen LogP contribution < -0.4 is 5.32 Å². The van der Waals surface area contributed by atoms with Crippen molar-refractivity contribution in [1.29, 1.82) is 0 Å². The molecule has 120 valence electrons. The van der Waals surface area contributed by atoms with E-state index in [2.05, 4.69) is 12.2 Å². The third-order valence-corrected chi connectivity index (χ3v) is 3.01. The van der Waals surface area contributed by atoms with Crippen molar-refractivity contribution in [2.45, 2.75) is 32.4 Å². The summed E-state index contributed by atoms with van der Waals surface area (Å²) in [5, 5.41) is 22.4. The molecule has 0 amide bonds. The Labute approximate surface area is 126 Å². The monoisotopic (exact) mass is 297 g/mol. The molecule has 0 aromatic heterocycles. The summed E-state index contributed by atoms with van der Waals surface area (Å²) in [6.07, 6.45) is 1.63. The fourth-order valence-electron chi connectivity index (χ4n) is 1.78. The number of phenolic OH excluding ortho intramolecular Hbond substituents is 1. The molecular formula is C16H27NO4. The van der Waals surface area contributed by atoms with E-state index >= 15 is 0 Å². The molecule has 1 atom stereocenters. The van der Waals surface area contributed by atoms with Crippen LogP contribution in [0.2, 0.25) is 0 Å². The lowest BCUT2D eigenvalue weighted by Crippen LogP contribution is -2.30. The molecular weight excluding hydrogens is 270 g/mol. The number of unbranched alkanes of at least 4 members (excludes halogenated alkanes) is 1. The topological polar surface area (TPSA) is 71.0 Å². The Morgan fingerprint density at radius 2 is 1.90 bits per heavy atom. The highest BCUT2D eigenvalue weighted by molar-refractivity contribution is 5.31. The van der Waals surface area contributed by atoms with Gasteiger partial charge in [0.05, 0.1) is 25.9 Å². The zero-order valence-electron chi connectivity index (χ0n) is 12.8. The number of rotatable bonds is 12. The summed E-state index contributed by atoms with van der Waals surface area (Å²) in [7, 11) is 0. The largest absolute Gasteiger partial charge is 0.508 e. The van der Waals surface area contributed by atoms with Crippen LogP contribution in [0.3, 0.4) is 0 Å². The molecule has 0 spiro atoms. The first kappa shape index (κ1) is 17.9. The predicted molar refractivity (Wildman–Crippen MR) is 82.4 cm³/mol. The van der Waals surface area contributed by atoms with Gasteiger partial charge in [-0.05, 0) is 12.5 Å². The lowest BCUT2D eigenvalue weighted by molar-refractivity contribution is 0.00384. The van der Waals surface area contributed by atoms with Gasteiger partial charge in [-0.3, -0.25) is 0 Å². The van der Waals surface area contributed by atoms with Crippen LogP contribution in [0.5, 0.6) is 5.75 Å². The number of aromatic hydroxyl groups is 1. The maximum absolute atomic E-state index is 9.75. The van der Waals surface area contributed by atoms with Gasteiger partial charge in [0.2, 0.25) is 0 Å². The van der Waals surface area contributed by atoms with E-state index in [1.807, 2.05) is 12.1 Å². The number of ether oxygens (including phenoxy) is 2. The molecule has 0 fully saturated rings. The number of benzene rings is 1. The molecule has 0 radical (unpaired) electrons. The minimum Gasteiger partial charge on any atom is -0.508 e. The summed E-state index contributed by atoms with van der Waals surface area (Å²) in [4.78, 5) is 0. The SMILES string of the molecule is CCCCOCCOCC(O)CNCc1ccccc1O. The number of para-hydroxylation sites is 1. The summed E-state index contributed by atoms with van der Waals surface area (Å²) >= 11 is 0. The van der Waals surface area contributed by atoms with Crippen molar-refractivity contribution < 1.29 is 19.7 Å². The van der Waals surface area contributed by atoms with Gasteiger partial charge < -0.3 is 25.0 Å². The van der Waals surface area contributed by atoms with E-state index in [4.69, 9.17) is 9.47 Å². The van der Waals surface area contributed by atoms with E-state index in [0.29, 0.717) is 26.3 Å². The summed E-state index contributed by atoms with van der Waals surface area (Å²) in [5.74, 6) is 0.264. The minimum absolute atomic E-state index is 0.264. The molecule has 1 rings (SSSR count). The summed E-state index contributed by atoms with van der Waals surface area (Å²) < 4.78 is 10.7. The van der Waals surface area contributed by atoms with Gasteiger partial charge in [0.1, 0.15) is 5.75 Å². The Balaban J connectivity index is 1.99. The molecule has 0 heterocycles. The standard InChI is InChI=1S/C16H27NO4/c1-2-3-8-20-9-10-21-13-15(18)12-17-11-14-6-4-5-7-16(14)19/h4-7,15,17-19H,2-3,8-13H2,1H3. The second kappa shape index (κ2) is 11.5. The number of aliphatic hydroxyl groups excluding tert-OH is 1. The minimum atomic E-state index is -0.563. The summed E-state index contributed by atoms with van der Waals surface area (Å²) in [6.45, 7) is 5.18. The van der Waals surface area contributed by atoms with Crippen LogP contribution in [0.4, 0.5) is 0 Å². The van der Waals surface area contributed by atoms with Gasteiger partial charge in [0.15, 0.2) is 0 Å². The molecule has 1 unspecified atom stereocenters. The summed E-state index contributed by atoms with van der Waals surface area (Å²) in [5.41, 5.74) is 0.815. The third kappa shape index (κ3) is 8.67. The predicted octanol–water partition coefficient (Wildman–Crippen LogP) is 1.68. The first-order valence-corrected chi connectivity index (χ1v) is 7.55. The van der Waals surface area contributed by atoms with Crippen LogP contribution in [0.15, 0.2) is 24.3 Å².